The summed E-state index contributed by atoms with van der Waals surface area (Å²) in [4.78, 5) is 36.5. The molecule has 7 heteroatoms. The molecule has 3 rings (SSSR count). The minimum Gasteiger partial charge on any atom is -0.478 e. The zero-order chi connectivity index (χ0) is 16.6. The molecule has 1 aliphatic heterocycles. The van der Waals surface area contributed by atoms with E-state index in [4.69, 9.17) is 21.4 Å². The lowest BCUT2D eigenvalue weighted by molar-refractivity contribution is 0.0520. The van der Waals surface area contributed by atoms with Gasteiger partial charge < -0.3 is 9.84 Å². The van der Waals surface area contributed by atoms with E-state index >= 15 is 0 Å². The number of rotatable bonds is 4. The lowest BCUT2D eigenvalue weighted by atomic mass is 10.1. The van der Waals surface area contributed by atoms with Crippen molar-refractivity contribution in [2.75, 3.05) is 6.73 Å². The van der Waals surface area contributed by atoms with Crippen molar-refractivity contribution in [2.24, 2.45) is 0 Å². The number of carboxylic acids is 1. The van der Waals surface area contributed by atoms with Crippen LogP contribution >= 0.6 is 11.6 Å². The number of ether oxygens (including phenoxy) is 1. The highest BCUT2D eigenvalue weighted by atomic mass is 35.5. The van der Waals surface area contributed by atoms with Crippen molar-refractivity contribution < 1.29 is 24.2 Å². The first kappa shape index (κ1) is 15.1. The summed E-state index contributed by atoms with van der Waals surface area (Å²) in [6.45, 7) is -0.396. The van der Waals surface area contributed by atoms with Gasteiger partial charge in [0.25, 0.3) is 11.8 Å². The summed E-state index contributed by atoms with van der Waals surface area (Å²) in [5.74, 6) is -2.17. The number of carboxylic acid groups (broad SMARTS) is 1. The average Bonchev–Trinajstić information content (AvgIpc) is 2.77. The van der Waals surface area contributed by atoms with Crippen LogP contribution in [0.5, 0.6) is 5.75 Å². The minimum atomic E-state index is -1.20. The van der Waals surface area contributed by atoms with Crippen LogP contribution in [-0.4, -0.2) is 34.5 Å². The number of benzene rings is 2. The Morgan fingerprint density at radius 2 is 1.70 bits per heavy atom. The molecule has 1 aliphatic rings. The summed E-state index contributed by atoms with van der Waals surface area (Å²) >= 11 is 5.83. The van der Waals surface area contributed by atoms with Gasteiger partial charge in [0.05, 0.1) is 11.1 Å². The molecule has 6 nitrogen and oxygen atoms in total. The summed E-state index contributed by atoms with van der Waals surface area (Å²) in [5, 5.41) is 9.41. The Kier molecular flexibility index (Phi) is 3.75. The molecule has 2 amide bonds. The summed E-state index contributed by atoms with van der Waals surface area (Å²) in [6.07, 6.45) is 0. The molecule has 0 saturated heterocycles. The molecule has 0 spiro atoms. The normalized spacial score (nSPS) is 13.2. The molecule has 0 unspecified atom stereocenters. The summed E-state index contributed by atoms with van der Waals surface area (Å²) in [7, 11) is 0. The Bertz CT molecular complexity index is 798. The van der Waals surface area contributed by atoms with Crippen LogP contribution in [0.3, 0.4) is 0 Å². The summed E-state index contributed by atoms with van der Waals surface area (Å²) < 4.78 is 5.35. The van der Waals surface area contributed by atoms with Crippen LogP contribution in [0.15, 0.2) is 42.5 Å². The summed E-state index contributed by atoms with van der Waals surface area (Å²) in [6, 6.07) is 10.5. The van der Waals surface area contributed by atoms with E-state index in [1.165, 1.54) is 18.2 Å². The van der Waals surface area contributed by atoms with E-state index < -0.39 is 24.5 Å². The lowest BCUT2D eigenvalue weighted by Crippen LogP contribution is -2.33. The van der Waals surface area contributed by atoms with Gasteiger partial charge in [-0.3, -0.25) is 9.59 Å². The van der Waals surface area contributed by atoms with Gasteiger partial charge in [-0.2, -0.15) is 0 Å². The van der Waals surface area contributed by atoms with Crippen molar-refractivity contribution in [3.63, 3.8) is 0 Å². The topological polar surface area (TPSA) is 83.9 Å². The van der Waals surface area contributed by atoms with Crippen molar-refractivity contribution in [2.45, 2.75) is 0 Å². The number of nitrogens with zero attached hydrogens (tertiary/aromatic N) is 1. The molecule has 2 aromatic rings. The van der Waals surface area contributed by atoms with E-state index in [1.54, 1.807) is 24.3 Å². The predicted molar refractivity (Wildman–Crippen MR) is 80.8 cm³/mol. The van der Waals surface area contributed by atoms with Gasteiger partial charge in [0.1, 0.15) is 11.3 Å². The largest absolute Gasteiger partial charge is 0.478 e. The minimum absolute atomic E-state index is 0.0124. The van der Waals surface area contributed by atoms with Crippen LogP contribution in [0.4, 0.5) is 0 Å². The molecule has 0 aromatic heterocycles. The van der Waals surface area contributed by atoms with Crippen molar-refractivity contribution in [3.8, 4) is 5.75 Å². The third-order valence-electron chi connectivity index (χ3n) is 3.40. The van der Waals surface area contributed by atoms with Crippen molar-refractivity contribution >= 4 is 29.4 Å². The standard InChI is InChI=1S/C16H10ClNO5/c17-9-5-6-12(16(21)22)13(7-9)23-8-18-14(19)10-3-1-2-4-11(10)15(18)20/h1-7H,8H2,(H,21,22). The highest BCUT2D eigenvalue weighted by Gasteiger charge is 2.35. The van der Waals surface area contributed by atoms with Crippen LogP contribution < -0.4 is 4.74 Å². The Morgan fingerprint density at radius 3 is 2.26 bits per heavy atom. The van der Waals surface area contributed by atoms with Crippen molar-refractivity contribution in [1.29, 1.82) is 0 Å². The highest BCUT2D eigenvalue weighted by molar-refractivity contribution is 6.30. The van der Waals surface area contributed by atoms with Gasteiger partial charge in [0, 0.05) is 5.02 Å². The first-order chi connectivity index (χ1) is 11.0. The molecule has 0 atom stereocenters. The number of halogens is 1. The van der Waals surface area contributed by atoms with E-state index in [0.29, 0.717) is 11.1 Å². The summed E-state index contributed by atoms with van der Waals surface area (Å²) in [5.41, 5.74) is 0.488. The van der Waals surface area contributed by atoms with Crippen LogP contribution in [0, 0.1) is 0 Å². The molecule has 0 saturated carbocycles. The van der Waals surface area contributed by atoms with Gasteiger partial charge in [0.15, 0.2) is 6.73 Å². The molecule has 23 heavy (non-hydrogen) atoms. The maximum absolute atomic E-state index is 12.2. The number of carbonyl (C=O) groups is 3. The van der Waals surface area contributed by atoms with E-state index in [9.17, 15) is 14.4 Å². The third kappa shape index (κ3) is 2.64. The molecule has 0 aliphatic carbocycles. The molecular weight excluding hydrogens is 322 g/mol. The molecule has 1 heterocycles. The van der Waals surface area contributed by atoms with E-state index in [0.717, 1.165) is 4.90 Å². The average molecular weight is 332 g/mol. The van der Waals surface area contributed by atoms with Gasteiger partial charge >= 0.3 is 5.97 Å². The van der Waals surface area contributed by atoms with Crippen molar-refractivity contribution in [3.05, 3.63) is 64.2 Å². The third-order valence-corrected chi connectivity index (χ3v) is 3.64. The quantitative estimate of drug-likeness (QED) is 0.871. The molecule has 1 N–H and O–H groups in total. The van der Waals surface area contributed by atoms with Crippen LogP contribution in [0.2, 0.25) is 5.02 Å². The number of amides is 2. The molecule has 0 fully saturated rings. The van der Waals surface area contributed by atoms with Crippen LogP contribution in [0.25, 0.3) is 0 Å². The predicted octanol–water partition coefficient (Wildman–Crippen LogP) is 2.67. The monoisotopic (exact) mass is 331 g/mol. The Balaban J connectivity index is 1.83. The van der Waals surface area contributed by atoms with Crippen LogP contribution in [-0.2, 0) is 0 Å². The van der Waals surface area contributed by atoms with E-state index in [2.05, 4.69) is 0 Å². The second-order valence-corrected chi connectivity index (χ2v) is 5.24. The van der Waals surface area contributed by atoms with Crippen molar-refractivity contribution in [1.82, 2.24) is 4.90 Å². The number of carbonyl (C=O) groups excluding carboxylic acids is 2. The number of imide groups is 1. The molecule has 2 aromatic carbocycles. The molecule has 0 bridgehead atoms. The first-order valence-electron chi connectivity index (χ1n) is 6.60. The van der Waals surface area contributed by atoms with Crippen LogP contribution in [0.1, 0.15) is 31.1 Å². The number of fused-ring (bicyclic) bond motifs is 1. The van der Waals surface area contributed by atoms with Gasteiger partial charge in [-0.05, 0) is 30.3 Å². The molecule has 0 radical (unpaired) electrons. The fourth-order valence-corrected chi connectivity index (χ4v) is 2.44. The van der Waals surface area contributed by atoms with Gasteiger partial charge in [-0.25, -0.2) is 9.69 Å². The maximum atomic E-state index is 12.2. The Hall–Kier alpha value is -2.86. The van der Waals surface area contributed by atoms with E-state index in [1.807, 2.05) is 0 Å². The number of hydrogen-bond acceptors (Lipinski definition) is 4. The number of aromatic carboxylic acids is 1. The lowest BCUT2D eigenvalue weighted by Gasteiger charge is -2.16. The maximum Gasteiger partial charge on any atom is 0.339 e. The van der Waals surface area contributed by atoms with Gasteiger partial charge in [0.2, 0.25) is 0 Å². The highest BCUT2D eigenvalue weighted by Crippen LogP contribution is 2.26. The van der Waals surface area contributed by atoms with Gasteiger partial charge in [-0.1, -0.05) is 23.7 Å². The zero-order valence-electron chi connectivity index (χ0n) is 11.7. The SMILES string of the molecule is O=C(O)c1ccc(Cl)cc1OCN1C(=O)c2ccccc2C1=O. The second-order valence-electron chi connectivity index (χ2n) is 4.80. The second kappa shape index (κ2) is 5.73. The smallest absolute Gasteiger partial charge is 0.339 e. The Labute approximate surface area is 135 Å². The fraction of sp³-hybridized carbons (Fsp3) is 0.0625. The zero-order valence-corrected chi connectivity index (χ0v) is 12.4. The molecular formula is C16H10ClNO5. The first-order valence-corrected chi connectivity index (χ1v) is 6.97. The number of hydrogen-bond donors (Lipinski definition) is 1. The van der Waals surface area contributed by atoms with Gasteiger partial charge in [-0.15, -0.1) is 0 Å². The Morgan fingerprint density at radius 1 is 1.09 bits per heavy atom. The molecule has 116 valence electrons. The fourth-order valence-electron chi connectivity index (χ4n) is 2.28. The van der Waals surface area contributed by atoms with E-state index in [-0.39, 0.29) is 16.3 Å².